The predicted molar refractivity (Wildman–Crippen MR) is 103 cm³/mol. The third-order valence-corrected chi connectivity index (χ3v) is 5.05. The number of pyridine rings is 1. The van der Waals surface area contributed by atoms with Gasteiger partial charge >= 0.3 is 0 Å². The number of ether oxygens (including phenoxy) is 1. The zero-order valence-corrected chi connectivity index (χ0v) is 15.8. The maximum Gasteiger partial charge on any atom is 0.259 e. The fraction of sp³-hybridized carbons (Fsp3) is 0.300. The zero-order valence-electron chi connectivity index (χ0n) is 15.8. The molecule has 0 N–H and O–H groups in total. The van der Waals surface area contributed by atoms with Gasteiger partial charge in [0.15, 0.2) is 0 Å². The van der Waals surface area contributed by atoms with E-state index in [1.165, 1.54) is 23.9 Å². The molecular formula is C20H21N5O3. The molecule has 0 aliphatic carbocycles. The zero-order chi connectivity index (χ0) is 19.7. The summed E-state index contributed by atoms with van der Waals surface area (Å²) in [5.74, 6) is 0.141. The number of hydrogen-bond acceptors (Lipinski definition) is 5. The molecular weight excluding hydrogens is 358 g/mol. The molecule has 144 valence electrons. The van der Waals surface area contributed by atoms with E-state index in [2.05, 4.69) is 10.3 Å². The molecule has 3 heterocycles. The highest BCUT2D eigenvalue weighted by Crippen LogP contribution is 2.26. The van der Waals surface area contributed by atoms with Crippen molar-refractivity contribution in [2.45, 2.75) is 12.5 Å². The summed E-state index contributed by atoms with van der Waals surface area (Å²) in [6, 6.07) is 11.3. The van der Waals surface area contributed by atoms with Gasteiger partial charge in [-0.1, -0.05) is 35.5 Å². The smallest absolute Gasteiger partial charge is 0.259 e. The van der Waals surface area contributed by atoms with Crippen LogP contribution >= 0.6 is 0 Å². The first-order valence-corrected chi connectivity index (χ1v) is 9.08. The number of aryl methyl sites for hydroxylation is 1. The molecule has 28 heavy (non-hydrogen) atoms. The van der Waals surface area contributed by atoms with Crippen LogP contribution in [0.25, 0.3) is 11.3 Å². The molecule has 1 aliphatic rings. The van der Waals surface area contributed by atoms with Crippen LogP contribution in [0.3, 0.4) is 0 Å². The highest BCUT2D eigenvalue weighted by molar-refractivity contribution is 5.96. The molecule has 0 radical (unpaired) electrons. The highest BCUT2D eigenvalue weighted by atomic mass is 16.5. The molecule has 1 aromatic carbocycles. The van der Waals surface area contributed by atoms with Crippen molar-refractivity contribution >= 4 is 5.91 Å². The maximum absolute atomic E-state index is 13.0. The second-order valence-corrected chi connectivity index (χ2v) is 6.85. The Morgan fingerprint density at radius 1 is 1.21 bits per heavy atom. The van der Waals surface area contributed by atoms with Gasteiger partial charge in [0.25, 0.3) is 11.5 Å². The summed E-state index contributed by atoms with van der Waals surface area (Å²) in [5.41, 5.74) is 1.98. The largest absolute Gasteiger partial charge is 0.496 e. The highest BCUT2D eigenvalue weighted by Gasteiger charge is 2.30. The second kappa shape index (κ2) is 7.30. The monoisotopic (exact) mass is 379 g/mol. The average molecular weight is 379 g/mol. The van der Waals surface area contributed by atoms with E-state index in [1.807, 2.05) is 41.2 Å². The van der Waals surface area contributed by atoms with Gasteiger partial charge in [-0.2, -0.15) is 0 Å². The van der Waals surface area contributed by atoms with Crippen LogP contribution in [-0.4, -0.2) is 50.6 Å². The van der Waals surface area contributed by atoms with E-state index in [4.69, 9.17) is 4.74 Å². The minimum absolute atomic E-state index is 0.0624. The van der Waals surface area contributed by atoms with E-state index in [0.717, 1.165) is 17.7 Å². The Balaban J connectivity index is 1.52. The Labute approximate surface area is 162 Å². The van der Waals surface area contributed by atoms with E-state index in [-0.39, 0.29) is 17.5 Å². The number of nitrogens with zero attached hydrogens (tertiary/aromatic N) is 5. The van der Waals surface area contributed by atoms with E-state index in [0.29, 0.717) is 24.4 Å². The first kappa shape index (κ1) is 18.0. The van der Waals surface area contributed by atoms with Crippen LogP contribution in [0, 0.1) is 0 Å². The standard InChI is InChI=1S/C20H21N5O3/c1-23-12-16(18(28-2)10-19(23)26)20(27)24-9-8-15(11-24)25-13-17(21-22-25)14-6-4-3-5-7-14/h3-7,10,12-13,15H,8-9,11H2,1-2H3. The summed E-state index contributed by atoms with van der Waals surface area (Å²) in [6.07, 6.45) is 4.23. The van der Waals surface area contributed by atoms with Gasteiger partial charge in [-0.15, -0.1) is 5.10 Å². The summed E-state index contributed by atoms with van der Waals surface area (Å²) in [4.78, 5) is 26.5. The second-order valence-electron chi connectivity index (χ2n) is 6.85. The fourth-order valence-corrected chi connectivity index (χ4v) is 3.45. The van der Waals surface area contributed by atoms with Gasteiger partial charge in [0.05, 0.1) is 24.9 Å². The van der Waals surface area contributed by atoms with Gasteiger partial charge in [-0.05, 0) is 6.42 Å². The van der Waals surface area contributed by atoms with Crippen LogP contribution in [0.15, 0.2) is 53.6 Å². The Morgan fingerprint density at radius 3 is 2.75 bits per heavy atom. The molecule has 3 aromatic rings. The van der Waals surface area contributed by atoms with Crippen LogP contribution in [0.5, 0.6) is 5.75 Å². The molecule has 1 fully saturated rings. The average Bonchev–Trinajstić information content (AvgIpc) is 3.39. The fourth-order valence-electron chi connectivity index (χ4n) is 3.45. The Kier molecular flexibility index (Phi) is 4.68. The molecule has 1 aliphatic heterocycles. The molecule has 1 unspecified atom stereocenters. The predicted octanol–water partition coefficient (Wildman–Crippen LogP) is 1.74. The van der Waals surface area contributed by atoms with E-state index < -0.39 is 0 Å². The van der Waals surface area contributed by atoms with Crippen LogP contribution < -0.4 is 10.3 Å². The van der Waals surface area contributed by atoms with Gasteiger partial charge in [0.2, 0.25) is 0 Å². The molecule has 1 saturated heterocycles. The van der Waals surface area contributed by atoms with Crippen molar-refractivity contribution in [3.05, 3.63) is 64.7 Å². The molecule has 8 heteroatoms. The molecule has 1 amide bonds. The number of hydrogen-bond donors (Lipinski definition) is 0. The van der Waals surface area contributed by atoms with Crippen molar-refractivity contribution in [2.24, 2.45) is 7.05 Å². The SMILES string of the molecule is COc1cc(=O)n(C)cc1C(=O)N1CCC(n2cc(-c3ccccc3)nn2)C1. The number of benzene rings is 1. The van der Waals surface area contributed by atoms with Gasteiger partial charge < -0.3 is 14.2 Å². The maximum atomic E-state index is 13.0. The number of carbonyl (C=O) groups excluding carboxylic acids is 1. The van der Waals surface area contributed by atoms with E-state index in [1.54, 1.807) is 11.9 Å². The number of rotatable bonds is 4. The van der Waals surface area contributed by atoms with Crippen LogP contribution in [0.4, 0.5) is 0 Å². The Bertz CT molecular complexity index is 1060. The third kappa shape index (κ3) is 3.28. The summed E-state index contributed by atoms with van der Waals surface area (Å²) in [6.45, 7) is 1.14. The van der Waals surface area contributed by atoms with Gasteiger partial charge in [0, 0.05) is 38.0 Å². The number of methoxy groups -OCH3 is 1. The normalized spacial score (nSPS) is 16.4. The van der Waals surface area contributed by atoms with E-state index in [9.17, 15) is 9.59 Å². The van der Waals surface area contributed by atoms with Crippen molar-refractivity contribution in [3.8, 4) is 17.0 Å². The van der Waals surface area contributed by atoms with E-state index >= 15 is 0 Å². The molecule has 0 spiro atoms. The number of aromatic nitrogens is 4. The van der Waals surface area contributed by atoms with Crippen LogP contribution in [-0.2, 0) is 7.05 Å². The minimum atomic E-state index is -0.219. The lowest BCUT2D eigenvalue weighted by atomic mass is 10.2. The lowest BCUT2D eigenvalue weighted by molar-refractivity contribution is 0.0782. The van der Waals surface area contributed by atoms with Gasteiger partial charge in [-0.3, -0.25) is 9.59 Å². The first-order chi connectivity index (χ1) is 13.6. The summed E-state index contributed by atoms with van der Waals surface area (Å²) in [7, 11) is 3.07. The summed E-state index contributed by atoms with van der Waals surface area (Å²) in [5, 5.41) is 8.52. The minimum Gasteiger partial charge on any atom is -0.496 e. The Hall–Kier alpha value is -3.42. The van der Waals surface area contributed by atoms with Crippen molar-refractivity contribution < 1.29 is 9.53 Å². The molecule has 8 nitrogen and oxygen atoms in total. The quantitative estimate of drug-likeness (QED) is 0.690. The molecule has 0 saturated carbocycles. The van der Waals surface area contributed by atoms with Crippen molar-refractivity contribution in [1.29, 1.82) is 0 Å². The molecule has 0 bridgehead atoms. The van der Waals surface area contributed by atoms with Crippen molar-refractivity contribution in [2.75, 3.05) is 20.2 Å². The molecule has 2 aromatic heterocycles. The van der Waals surface area contributed by atoms with Crippen molar-refractivity contribution in [1.82, 2.24) is 24.5 Å². The lowest BCUT2D eigenvalue weighted by Crippen LogP contribution is -2.31. The molecule has 4 rings (SSSR count). The van der Waals surface area contributed by atoms with Crippen molar-refractivity contribution in [3.63, 3.8) is 0 Å². The Morgan fingerprint density at radius 2 is 2.00 bits per heavy atom. The van der Waals surface area contributed by atoms with Gasteiger partial charge in [-0.25, -0.2) is 4.68 Å². The number of carbonyl (C=O) groups is 1. The number of amides is 1. The lowest BCUT2D eigenvalue weighted by Gasteiger charge is -2.18. The number of likely N-dealkylation sites (tertiary alicyclic amines) is 1. The third-order valence-electron chi connectivity index (χ3n) is 5.05. The topological polar surface area (TPSA) is 82.2 Å². The van der Waals surface area contributed by atoms with Gasteiger partial charge in [0.1, 0.15) is 11.4 Å². The van der Waals surface area contributed by atoms with Crippen LogP contribution in [0.1, 0.15) is 22.8 Å². The summed E-state index contributed by atoms with van der Waals surface area (Å²) < 4.78 is 8.45. The molecule has 1 atom stereocenters. The van der Waals surface area contributed by atoms with Crippen LogP contribution in [0.2, 0.25) is 0 Å². The first-order valence-electron chi connectivity index (χ1n) is 9.08. The summed E-state index contributed by atoms with van der Waals surface area (Å²) >= 11 is 0.